The van der Waals surface area contributed by atoms with Crippen LogP contribution in [-0.4, -0.2) is 27.3 Å². The van der Waals surface area contributed by atoms with Crippen molar-refractivity contribution < 1.29 is 27.6 Å². The Hall–Kier alpha value is -4.07. The van der Waals surface area contributed by atoms with Gasteiger partial charge in [0.15, 0.2) is 0 Å². The number of nitro groups is 1. The monoisotopic (exact) mass is 432 g/mol. The third-order valence-electron chi connectivity index (χ3n) is 4.44. The molecule has 0 saturated heterocycles. The topological polar surface area (TPSA) is 110 Å². The van der Waals surface area contributed by atoms with Gasteiger partial charge in [-0.1, -0.05) is 0 Å². The van der Waals surface area contributed by atoms with Gasteiger partial charge in [0.1, 0.15) is 11.3 Å². The van der Waals surface area contributed by atoms with E-state index in [0.29, 0.717) is 10.9 Å². The van der Waals surface area contributed by atoms with Crippen molar-refractivity contribution in [3.63, 3.8) is 0 Å². The van der Waals surface area contributed by atoms with Crippen molar-refractivity contribution in [3.05, 3.63) is 70.4 Å². The lowest BCUT2D eigenvalue weighted by molar-refractivity contribution is -0.384. The molecule has 2 aromatic carbocycles. The molecule has 0 saturated carbocycles. The molecule has 0 spiro atoms. The van der Waals surface area contributed by atoms with Crippen molar-refractivity contribution in [3.8, 4) is 11.8 Å². The summed E-state index contributed by atoms with van der Waals surface area (Å²) in [6, 6.07) is 12.3. The molecule has 8 nitrogen and oxygen atoms in total. The van der Waals surface area contributed by atoms with Crippen molar-refractivity contribution in [1.29, 1.82) is 5.26 Å². The first kappa shape index (κ1) is 21.6. The molecule has 3 aromatic rings. The van der Waals surface area contributed by atoms with E-state index in [1.807, 2.05) is 6.07 Å². The van der Waals surface area contributed by atoms with Crippen molar-refractivity contribution in [2.75, 3.05) is 0 Å². The van der Waals surface area contributed by atoms with E-state index in [1.165, 1.54) is 19.1 Å². The van der Waals surface area contributed by atoms with E-state index < -0.39 is 28.5 Å². The molecule has 1 amide bonds. The van der Waals surface area contributed by atoms with E-state index >= 15 is 0 Å². The van der Waals surface area contributed by atoms with Crippen LogP contribution in [0.1, 0.15) is 17.3 Å². The molecule has 3 rings (SSSR count). The largest absolute Gasteiger partial charge is 0.573 e. The van der Waals surface area contributed by atoms with Crippen molar-refractivity contribution in [2.24, 2.45) is 0 Å². The molecule has 0 fully saturated rings. The molecule has 0 radical (unpaired) electrons. The summed E-state index contributed by atoms with van der Waals surface area (Å²) in [5.74, 6) is -1.13. The zero-order chi connectivity index (χ0) is 22.8. The van der Waals surface area contributed by atoms with E-state index in [4.69, 9.17) is 0 Å². The first-order chi connectivity index (χ1) is 14.5. The lowest BCUT2D eigenvalue weighted by Gasteiger charge is -2.24. The predicted octanol–water partition coefficient (Wildman–Crippen LogP) is 4.16. The number of aromatic nitrogens is 1. The van der Waals surface area contributed by atoms with Gasteiger partial charge in [0.2, 0.25) is 0 Å². The first-order valence-electron chi connectivity index (χ1n) is 8.82. The number of non-ortho nitro benzene ring substituents is 1. The predicted molar refractivity (Wildman–Crippen MR) is 103 cm³/mol. The Morgan fingerprint density at radius 2 is 1.90 bits per heavy atom. The zero-order valence-electron chi connectivity index (χ0n) is 16.0. The quantitative estimate of drug-likeness (QED) is 0.465. The van der Waals surface area contributed by atoms with Gasteiger partial charge in [-0.05, 0) is 43.3 Å². The lowest BCUT2D eigenvalue weighted by atomic mass is 10.0. The molecule has 1 heterocycles. The Kier molecular flexibility index (Phi) is 5.57. The summed E-state index contributed by atoms with van der Waals surface area (Å²) in [4.78, 5) is 22.9. The molecule has 1 N–H and O–H groups in total. The van der Waals surface area contributed by atoms with E-state index in [1.54, 1.807) is 22.9 Å². The number of carbonyl (C=O) groups is 1. The smallest absolute Gasteiger partial charge is 0.406 e. The molecule has 0 aliphatic heterocycles. The lowest BCUT2D eigenvalue weighted by Crippen LogP contribution is -2.47. The van der Waals surface area contributed by atoms with Crippen LogP contribution in [0.2, 0.25) is 0 Å². The van der Waals surface area contributed by atoms with Crippen LogP contribution in [0.5, 0.6) is 5.75 Å². The summed E-state index contributed by atoms with van der Waals surface area (Å²) in [7, 11) is 0. The number of halogens is 3. The number of hydrogen-bond acceptors (Lipinski definition) is 5. The third kappa shape index (κ3) is 5.11. The fraction of sp³-hybridized carbons (Fsp3) is 0.200. The van der Waals surface area contributed by atoms with Crippen molar-refractivity contribution >= 4 is 22.5 Å². The molecule has 1 aromatic heterocycles. The van der Waals surface area contributed by atoms with Crippen LogP contribution in [0, 0.1) is 21.4 Å². The Balaban J connectivity index is 1.76. The number of fused-ring (bicyclic) bond motifs is 1. The zero-order valence-corrected chi connectivity index (χ0v) is 16.0. The fourth-order valence-corrected chi connectivity index (χ4v) is 3.01. The van der Waals surface area contributed by atoms with E-state index in [-0.39, 0.29) is 17.8 Å². The Morgan fingerprint density at radius 3 is 2.48 bits per heavy atom. The molecule has 0 bridgehead atoms. The van der Waals surface area contributed by atoms with Crippen LogP contribution in [-0.2, 0) is 6.54 Å². The van der Waals surface area contributed by atoms with Crippen LogP contribution < -0.4 is 10.1 Å². The van der Waals surface area contributed by atoms with E-state index in [0.717, 1.165) is 24.3 Å². The first-order valence-corrected chi connectivity index (χ1v) is 8.82. The average molecular weight is 432 g/mol. The van der Waals surface area contributed by atoms with Crippen LogP contribution in [0.15, 0.2) is 54.7 Å². The van der Waals surface area contributed by atoms with Gasteiger partial charge in [-0.25, -0.2) is 0 Å². The summed E-state index contributed by atoms with van der Waals surface area (Å²) in [5.41, 5.74) is -0.759. The second-order valence-electron chi connectivity index (χ2n) is 6.91. The summed E-state index contributed by atoms with van der Waals surface area (Å²) in [5, 5.41) is 23.7. The number of rotatable bonds is 6. The maximum Gasteiger partial charge on any atom is 0.573 e. The van der Waals surface area contributed by atoms with Gasteiger partial charge < -0.3 is 14.6 Å². The summed E-state index contributed by atoms with van der Waals surface area (Å²) in [6.07, 6.45) is -3.21. The van der Waals surface area contributed by atoms with Gasteiger partial charge in [0, 0.05) is 34.8 Å². The minimum absolute atomic E-state index is 0.0336. The van der Waals surface area contributed by atoms with Crippen LogP contribution in [0.25, 0.3) is 10.9 Å². The second-order valence-corrected chi connectivity index (χ2v) is 6.91. The molecule has 0 aliphatic carbocycles. The van der Waals surface area contributed by atoms with Gasteiger partial charge in [0.05, 0.1) is 17.5 Å². The maximum absolute atomic E-state index is 12.5. The highest BCUT2D eigenvalue weighted by atomic mass is 19.4. The Morgan fingerprint density at radius 1 is 1.23 bits per heavy atom. The minimum atomic E-state index is -4.84. The normalized spacial score (nSPS) is 13.3. The minimum Gasteiger partial charge on any atom is -0.406 e. The number of nitrogens with zero attached hydrogens (tertiary/aromatic N) is 3. The highest BCUT2D eigenvalue weighted by Crippen LogP contribution is 2.25. The van der Waals surface area contributed by atoms with E-state index in [9.17, 15) is 33.3 Å². The number of alkyl halides is 3. The standard InChI is InChI=1S/C20H15F3N4O4/c1-19(11-24,12-26-9-8-14-10-15(27(29)30)4-7-17(14)26)25-18(28)13-2-5-16(6-3-13)31-20(21,22)23/h2-10H,12H2,1H3,(H,25,28). The number of ether oxygens (including phenoxy) is 1. The van der Waals surface area contributed by atoms with Gasteiger partial charge in [0.25, 0.3) is 11.6 Å². The number of hydrogen-bond donors (Lipinski definition) is 1. The van der Waals surface area contributed by atoms with E-state index in [2.05, 4.69) is 10.1 Å². The highest BCUT2D eigenvalue weighted by molar-refractivity contribution is 5.95. The van der Waals surface area contributed by atoms with Crippen LogP contribution >= 0.6 is 0 Å². The fourth-order valence-electron chi connectivity index (χ4n) is 3.01. The summed E-state index contributed by atoms with van der Waals surface area (Å²) < 4.78 is 42.2. The number of amides is 1. The molecule has 11 heteroatoms. The summed E-state index contributed by atoms with van der Waals surface area (Å²) >= 11 is 0. The SMILES string of the molecule is CC(C#N)(Cn1ccc2cc([N+](=O)[O-])ccc21)NC(=O)c1ccc(OC(F)(F)F)cc1. The second kappa shape index (κ2) is 7.98. The van der Waals surface area contributed by atoms with Gasteiger partial charge in [-0.15, -0.1) is 13.2 Å². The molecule has 0 aliphatic rings. The van der Waals surface area contributed by atoms with Gasteiger partial charge in [-0.2, -0.15) is 5.26 Å². The van der Waals surface area contributed by atoms with Gasteiger partial charge >= 0.3 is 6.36 Å². The molecular weight excluding hydrogens is 417 g/mol. The third-order valence-corrected chi connectivity index (χ3v) is 4.44. The van der Waals surface area contributed by atoms with Gasteiger partial charge in [-0.3, -0.25) is 14.9 Å². The molecule has 1 atom stereocenters. The Bertz CT molecular complexity index is 1180. The summed E-state index contributed by atoms with van der Waals surface area (Å²) in [6.45, 7) is 1.52. The van der Waals surface area contributed by atoms with Crippen molar-refractivity contribution in [2.45, 2.75) is 25.4 Å². The molecular formula is C20H15F3N4O4. The number of nitrogens with one attached hydrogen (secondary N) is 1. The van der Waals surface area contributed by atoms with Crippen molar-refractivity contribution in [1.82, 2.24) is 9.88 Å². The maximum atomic E-state index is 12.5. The highest BCUT2D eigenvalue weighted by Gasteiger charge is 2.31. The Labute approximate surface area is 173 Å². The molecule has 31 heavy (non-hydrogen) atoms. The number of benzene rings is 2. The number of carbonyl (C=O) groups excluding carboxylic acids is 1. The average Bonchev–Trinajstić information content (AvgIpc) is 3.09. The molecule has 1 unspecified atom stereocenters. The van der Waals surface area contributed by atoms with Crippen LogP contribution in [0.4, 0.5) is 18.9 Å². The molecule has 160 valence electrons. The van der Waals surface area contributed by atoms with Crippen LogP contribution in [0.3, 0.4) is 0 Å². The number of nitriles is 1. The number of nitro benzene ring substituents is 1.